The van der Waals surface area contributed by atoms with Crippen molar-refractivity contribution in [3.63, 3.8) is 0 Å². The Morgan fingerprint density at radius 1 is 1.29 bits per heavy atom. The largest absolute Gasteiger partial charge is 0.289 e. The standard InChI is InChI=1S/C18H29N3/c1-5-12-19-16(6-2)14-21(18(7-3)8-4)15-17-11-9-10-13-20-17/h5,9-13,18H,6-8,14-15H2,1-4H3/b12-5-,19-16?. The van der Waals surface area contributed by atoms with Crippen LogP contribution in [0, 0.1) is 0 Å². The summed E-state index contributed by atoms with van der Waals surface area (Å²) in [6.45, 7) is 10.5. The number of aromatic nitrogens is 1. The zero-order valence-corrected chi connectivity index (χ0v) is 13.9. The fourth-order valence-corrected chi connectivity index (χ4v) is 2.48. The van der Waals surface area contributed by atoms with Crippen LogP contribution in [0.15, 0.2) is 41.7 Å². The lowest BCUT2D eigenvalue weighted by atomic mass is 10.1. The second-order valence-corrected chi connectivity index (χ2v) is 5.23. The highest BCUT2D eigenvalue weighted by atomic mass is 15.2. The molecule has 3 heteroatoms. The minimum absolute atomic E-state index is 0.578. The summed E-state index contributed by atoms with van der Waals surface area (Å²) < 4.78 is 0. The van der Waals surface area contributed by atoms with Crippen LogP contribution in [0.1, 0.15) is 52.7 Å². The van der Waals surface area contributed by atoms with Gasteiger partial charge in [-0.05, 0) is 38.3 Å². The van der Waals surface area contributed by atoms with E-state index >= 15 is 0 Å². The van der Waals surface area contributed by atoms with Crippen LogP contribution in [0.3, 0.4) is 0 Å². The summed E-state index contributed by atoms with van der Waals surface area (Å²) in [5, 5.41) is 0. The summed E-state index contributed by atoms with van der Waals surface area (Å²) in [4.78, 5) is 11.5. The Morgan fingerprint density at radius 3 is 2.57 bits per heavy atom. The van der Waals surface area contributed by atoms with Gasteiger partial charge in [-0.2, -0.15) is 0 Å². The second kappa shape index (κ2) is 10.3. The molecular formula is C18H29N3. The summed E-state index contributed by atoms with van der Waals surface area (Å²) in [5.74, 6) is 0. The number of pyridine rings is 1. The molecule has 0 saturated heterocycles. The van der Waals surface area contributed by atoms with Crippen molar-refractivity contribution in [3.05, 3.63) is 42.4 Å². The lowest BCUT2D eigenvalue weighted by molar-refractivity contribution is 0.201. The van der Waals surface area contributed by atoms with Crippen LogP contribution in [-0.4, -0.2) is 28.2 Å². The van der Waals surface area contributed by atoms with Crippen molar-refractivity contribution in [1.29, 1.82) is 0 Å². The SMILES string of the molecule is C/C=C\N=C(CC)CN(Cc1ccccn1)C(CC)CC. The van der Waals surface area contributed by atoms with E-state index in [0.717, 1.165) is 38.0 Å². The molecule has 0 aromatic carbocycles. The molecule has 1 aromatic rings. The minimum Gasteiger partial charge on any atom is -0.289 e. The fourth-order valence-electron chi connectivity index (χ4n) is 2.48. The molecule has 0 atom stereocenters. The summed E-state index contributed by atoms with van der Waals surface area (Å²) in [7, 11) is 0. The molecule has 0 unspecified atom stereocenters. The van der Waals surface area contributed by atoms with Gasteiger partial charge in [0.25, 0.3) is 0 Å². The average Bonchev–Trinajstić information content (AvgIpc) is 2.53. The number of rotatable bonds is 9. The summed E-state index contributed by atoms with van der Waals surface area (Å²) in [6.07, 6.45) is 9.05. The normalized spacial score (nSPS) is 12.8. The van der Waals surface area contributed by atoms with Gasteiger partial charge in [-0.25, -0.2) is 0 Å². The van der Waals surface area contributed by atoms with Crippen molar-refractivity contribution in [2.75, 3.05) is 6.54 Å². The molecule has 0 aliphatic rings. The van der Waals surface area contributed by atoms with Crippen LogP contribution in [0.4, 0.5) is 0 Å². The molecule has 0 aliphatic carbocycles. The van der Waals surface area contributed by atoms with Gasteiger partial charge in [-0.3, -0.25) is 14.9 Å². The quantitative estimate of drug-likeness (QED) is 0.627. The molecule has 0 radical (unpaired) electrons. The van der Waals surface area contributed by atoms with Gasteiger partial charge in [0.2, 0.25) is 0 Å². The van der Waals surface area contributed by atoms with E-state index < -0.39 is 0 Å². The Labute approximate surface area is 129 Å². The van der Waals surface area contributed by atoms with Gasteiger partial charge in [0, 0.05) is 37.2 Å². The molecule has 3 nitrogen and oxygen atoms in total. The third-order valence-corrected chi connectivity index (χ3v) is 3.75. The summed E-state index contributed by atoms with van der Waals surface area (Å²) in [6, 6.07) is 6.71. The highest BCUT2D eigenvalue weighted by molar-refractivity contribution is 5.86. The van der Waals surface area contributed by atoms with Gasteiger partial charge >= 0.3 is 0 Å². The van der Waals surface area contributed by atoms with Gasteiger partial charge in [-0.1, -0.05) is 32.9 Å². The maximum absolute atomic E-state index is 4.57. The topological polar surface area (TPSA) is 28.5 Å². The molecule has 0 fully saturated rings. The first-order valence-corrected chi connectivity index (χ1v) is 8.05. The predicted molar refractivity (Wildman–Crippen MR) is 91.6 cm³/mol. The predicted octanol–water partition coefficient (Wildman–Crippen LogP) is 4.46. The number of allylic oxidation sites excluding steroid dienone is 1. The minimum atomic E-state index is 0.578. The third-order valence-electron chi connectivity index (χ3n) is 3.75. The summed E-state index contributed by atoms with van der Waals surface area (Å²) in [5.41, 5.74) is 2.36. The second-order valence-electron chi connectivity index (χ2n) is 5.23. The van der Waals surface area contributed by atoms with E-state index in [1.807, 2.05) is 31.5 Å². The van der Waals surface area contributed by atoms with Crippen LogP contribution in [0.5, 0.6) is 0 Å². The maximum Gasteiger partial charge on any atom is 0.0544 e. The van der Waals surface area contributed by atoms with Crippen LogP contribution in [-0.2, 0) is 6.54 Å². The van der Waals surface area contributed by atoms with E-state index in [1.54, 1.807) is 0 Å². The van der Waals surface area contributed by atoms with E-state index in [0.29, 0.717) is 6.04 Å². The molecule has 1 rings (SSSR count). The molecule has 0 bridgehead atoms. The van der Waals surface area contributed by atoms with Crippen molar-refractivity contribution in [3.8, 4) is 0 Å². The van der Waals surface area contributed by atoms with Crippen LogP contribution >= 0.6 is 0 Å². The van der Waals surface area contributed by atoms with E-state index in [4.69, 9.17) is 0 Å². The van der Waals surface area contributed by atoms with E-state index in [2.05, 4.69) is 47.8 Å². The summed E-state index contributed by atoms with van der Waals surface area (Å²) >= 11 is 0. The van der Waals surface area contributed by atoms with Gasteiger partial charge in [-0.15, -0.1) is 0 Å². The molecule has 0 saturated carbocycles. The Balaban J connectivity index is 2.86. The Morgan fingerprint density at radius 2 is 2.05 bits per heavy atom. The zero-order valence-electron chi connectivity index (χ0n) is 13.9. The van der Waals surface area contributed by atoms with Gasteiger partial charge in [0.15, 0.2) is 0 Å². The van der Waals surface area contributed by atoms with Crippen LogP contribution < -0.4 is 0 Å². The molecule has 0 aliphatic heterocycles. The molecule has 0 amide bonds. The van der Waals surface area contributed by atoms with Crippen molar-refractivity contribution in [2.45, 2.75) is 59.5 Å². The van der Waals surface area contributed by atoms with Crippen molar-refractivity contribution in [1.82, 2.24) is 9.88 Å². The van der Waals surface area contributed by atoms with Crippen molar-refractivity contribution >= 4 is 5.71 Å². The third kappa shape index (κ3) is 6.21. The molecule has 1 aromatic heterocycles. The molecule has 116 valence electrons. The lowest BCUT2D eigenvalue weighted by Crippen LogP contribution is -2.38. The van der Waals surface area contributed by atoms with Gasteiger partial charge in [0.1, 0.15) is 0 Å². The molecule has 1 heterocycles. The monoisotopic (exact) mass is 287 g/mol. The lowest BCUT2D eigenvalue weighted by Gasteiger charge is -2.30. The van der Waals surface area contributed by atoms with E-state index in [9.17, 15) is 0 Å². The van der Waals surface area contributed by atoms with Crippen LogP contribution in [0.2, 0.25) is 0 Å². The Bertz CT molecular complexity index is 433. The smallest absolute Gasteiger partial charge is 0.0544 e. The molecular weight excluding hydrogens is 258 g/mol. The number of nitrogens with zero attached hydrogens (tertiary/aromatic N) is 3. The number of hydrogen-bond donors (Lipinski definition) is 0. The van der Waals surface area contributed by atoms with Gasteiger partial charge in [0.05, 0.1) is 5.69 Å². The molecule has 21 heavy (non-hydrogen) atoms. The Kier molecular flexibility index (Phi) is 8.60. The maximum atomic E-state index is 4.57. The van der Waals surface area contributed by atoms with Gasteiger partial charge < -0.3 is 0 Å². The number of hydrogen-bond acceptors (Lipinski definition) is 3. The highest BCUT2D eigenvalue weighted by Gasteiger charge is 2.17. The fraction of sp³-hybridized carbons (Fsp3) is 0.556. The van der Waals surface area contributed by atoms with Crippen molar-refractivity contribution < 1.29 is 0 Å². The van der Waals surface area contributed by atoms with E-state index in [-0.39, 0.29) is 0 Å². The molecule has 0 N–H and O–H groups in total. The number of aliphatic imine (C=N–C) groups is 1. The van der Waals surface area contributed by atoms with E-state index in [1.165, 1.54) is 5.71 Å². The van der Waals surface area contributed by atoms with Crippen LogP contribution in [0.25, 0.3) is 0 Å². The highest BCUT2D eigenvalue weighted by Crippen LogP contribution is 2.13. The first-order chi connectivity index (χ1) is 10.2. The average molecular weight is 287 g/mol. The first kappa shape index (κ1) is 17.6. The Hall–Kier alpha value is -1.48. The first-order valence-electron chi connectivity index (χ1n) is 8.05. The van der Waals surface area contributed by atoms with Crippen molar-refractivity contribution in [2.24, 2.45) is 4.99 Å². The molecule has 0 spiro atoms. The zero-order chi connectivity index (χ0) is 15.5.